The van der Waals surface area contributed by atoms with Gasteiger partial charge in [0.05, 0.1) is 0 Å². The molecule has 1 fully saturated rings. The SMILES string of the molecule is C1COC2=NC2N1. The van der Waals surface area contributed by atoms with E-state index in [1.54, 1.807) is 0 Å². The second-order valence-corrected chi connectivity index (χ2v) is 1.67. The minimum Gasteiger partial charge on any atom is -0.477 e. The molecule has 2 aliphatic heterocycles. The normalized spacial score (nSPS) is 35.4. The summed E-state index contributed by atoms with van der Waals surface area (Å²) in [4.78, 5) is 3.94. The number of hydrogen-bond acceptors (Lipinski definition) is 3. The number of nitrogens with one attached hydrogen (secondary N) is 1. The number of hydrogen-bond donors (Lipinski definition) is 1. The van der Waals surface area contributed by atoms with Crippen molar-refractivity contribution in [2.45, 2.75) is 6.17 Å². The van der Waals surface area contributed by atoms with Gasteiger partial charge in [0.25, 0.3) is 0 Å². The maximum Gasteiger partial charge on any atom is 0.226 e. The summed E-state index contributed by atoms with van der Waals surface area (Å²) in [5, 5.41) is 3.13. The van der Waals surface area contributed by atoms with E-state index in [1.165, 1.54) is 0 Å². The lowest BCUT2D eigenvalue weighted by Crippen LogP contribution is -2.32. The molecule has 2 rings (SSSR count). The lowest BCUT2D eigenvalue weighted by Gasteiger charge is -2.07. The van der Waals surface area contributed by atoms with E-state index in [1.807, 2.05) is 0 Å². The van der Waals surface area contributed by atoms with Crippen LogP contribution in [0.25, 0.3) is 0 Å². The van der Waals surface area contributed by atoms with E-state index in [0.717, 1.165) is 19.0 Å². The van der Waals surface area contributed by atoms with Crippen molar-refractivity contribution in [2.24, 2.45) is 4.99 Å². The van der Waals surface area contributed by atoms with Crippen LogP contribution in [0.3, 0.4) is 0 Å². The predicted octanol–water partition coefficient (Wildman–Crippen LogP) is -0.656. The first-order valence-corrected chi connectivity index (χ1v) is 2.41. The Kier molecular flexibility index (Phi) is 0.481. The lowest BCUT2D eigenvalue weighted by atomic mass is 10.5. The smallest absolute Gasteiger partial charge is 0.226 e. The summed E-state index contributed by atoms with van der Waals surface area (Å²) in [6, 6.07) is 0. The molecule has 3 heteroatoms. The van der Waals surface area contributed by atoms with Gasteiger partial charge in [-0.2, -0.15) is 0 Å². The predicted molar refractivity (Wildman–Crippen MR) is 25.2 cm³/mol. The molecule has 1 saturated heterocycles. The number of rotatable bonds is 0. The average Bonchev–Trinajstić information content (AvgIpc) is 2.41. The van der Waals surface area contributed by atoms with Gasteiger partial charge in [-0.05, 0) is 0 Å². The van der Waals surface area contributed by atoms with Crippen molar-refractivity contribution in [3.05, 3.63) is 0 Å². The zero-order valence-corrected chi connectivity index (χ0v) is 3.85. The number of ether oxygens (including phenoxy) is 1. The van der Waals surface area contributed by atoms with E-state index in [0.29, 0.717) is 0 Å². The molecule has 0 aromatic rings. The molecule has 1 unspecified atom stereocenters. The molecular weight excluding hydrogens is 92.1 g/mol. The van der Waals surface area contributed by atoms with Crippen molar-refractivity contribution < 1.29 is 4.74 Å². The zero-order chi connectivity index (χ0) is 4.69. The third-order valence-electron chi connectivity index (χ3n) is 1.11. The van der Waals surface area contributed by atoms with Crippen molar-refractivity contribution in [1.82, 2.24) is 5.32 Å². The van der Waals surface area contributed by atoms with Gasteiger partial charge >= 0.3 is 0 Å². The summed E-state index contributed by atoms with van der Waals surface area (Å²) in [5.41, 5.74) is 0. The van der Waals surface area contributed by atoms with Gasteiger partial charge < -0.3 is 4.74 Å². The van der Waals surface area contributed by atoms with E-state index in [-0.39, 0.29) is 6.17 Å². The minimum atomic E-state index is 0.272. The maximum atomic E-state index is 5.04. The molecule has 0 aliphatic carbocycles. The van der Waals surface area contributed by atoms with E-state index in [9.17, 15) is 0 Å². The summed E-state index contributed by atoms with van der Waals surface area (Å²) in [5.74, 6) is 0.895. The molecule has 1 atom stereocenters. The van der Waals surface area contributed by atoms with Gasteiger partial charge in [0, 0.05) is 6.54 Å². The first-order chi connectivity index (χ1) is 3.47. The summed E-state index contributed by atoms with van der Waals surface area (Å²) in [6.45, 7) is 1.73. The molecule has 0 amide bonds. The Morgan fingerprint density at radius 2 is 2.86 bits per heavy atom. The van der Waals surface area contributed by atoms with Gasteiger partial charge in [-0.15, -0.1) is 0 Å². The molecule has 2 heterocycles. The van der Waals surface area contributed by atoms with Crippen LogP contribution in [0.4, 0.5) is 0 Å². The van der Waals surface area contributed by atoms with Crippen LogP contribution >= 0.6 is 0 Å². The Morgan fingerprint density at radius 3 is 3.43 bits per heavy atom. The topological polar surface area (TPSA) is 33.6 Å². The molecule has 0 saturated carbocycles. The molecule has 0 aromatic heterocycles. The van der Waals surface area contributed by atoms with Gasteiger partial charge in [-0.3, -0.25) is 5.32 Å². The fraction of sp³-hybridized carbons (Fsp3) is 0.750. The molecule has 0 bridgehead atoms. The summed E-state index contributed by atoms with van der Waals surface area (Å²) in [7, 11) is 0. The van der Waals surface area contributed by atoms with Crippen LogP contribution in [0.2, 0.25) is 0 Å². The van der Waals surface area contributed by atoms with E-state index in [4.69, 9.17) is 4.74 Å². The first-order valence-electron chi connectivity index (χ1n) is 2.41. The monoisotopic (exact) mass is 98.0 g/mol. The molecule has 38 valence electrons. The maximum absolute atomic E-state index is 5.04. The van der Waals surface area contributed by atoms with Gasteiger partial charge in [-0.1, -0.05) is 0 Å². The molecular formula is C4H6N2O. The third kappa shape index (κ3) is 0.413. The molecule has 0 radical (unpaired) electrons. The number of morpholine rings is 1. The number of nitrogens with zero attached hydrogens (tertiary/aromatic N) is 1. The highest BCUT2D eigenvalue weighted by Crippen LogP contribution is 2.11. The molecule has 0 aromatic carbocycles. The van der Waals surface area contributed by atoms with Crippen LogP contribution in [0.1, 0.15) is 0 Å². The largest absolute Gasteiger partial charge is 0.477 e. The Labute approximate surface area is 41.4 Å². The van der Waals surface area contributed by atoms with Crippen molar-refractivity contribution >= 4 is 5.90 Å². The van der Waals surface area contributed by atoms with Crippen LogP contribution in [0, 0.1) is 0 Å². The minimum absolute atomic E-state index is 0.272. The van der Waals surface area contributed by atoms with E-state index in [2.05, 4.69) is 10.3 Å². The van der Waals surface area contributed by atoms with Crippen molar-refractivity contribution in [3.63, 3.8) is 0 Å². The summed E-state index contributed by atoms with van der Waals surface area (Å²) < 4.78 is 5.04. The van der Waals surface area contributed by atoms with Crippen molar-refractivity contribution in [3.8, 4) is 0 Å². The Balaban J connectivity index is 2.02. The Hall–Kier alpha value is -0.570. The Morgan fingerprint density at radius 1 is 1.86 bits per heavy atom. The number of aliphatic imine (C=N–C) groups is 1. The van der Waals surface area contributed by atoms with Crippen LogP contribution in [0.15, 0.2) is 4.99 Å². The van der Waals surface area contributed by atoms with Crippen LogP contribution in [-0.4, -0.2) is 25.2 Å². The summed E-state index contributed by atoms with van der Waals surface area (Å²) in [6.07, 6.45) is 0.272. The van der Waals surface area contributed by atoms with Gasteiger partial charge in [0.2, 0.25) is 5.90 Å². The van der Waals surface area contributed by atoms with Gasteiger partial charge in [0.1, 0.15) is 6.61 Å². The van der Waals surface area contributed by atoms with E-state index >= 15 is 0 Å². The van der Waals surface area contributed by atoms with Crippen LogP contribution in [0.5, 0.6) is 0 Å². The number of fused-ring (bicyclic) bond motifs is 1. The molecule has 1 N–H and O–H groups in total. The highest BCUT2D eigenvalue weighted by Gasteiger charge is 2.31. The zero-order valence-electron chi connectivity index (χ0n) is 3.85. The van der Waals surface area contributed by atoms with E-state index < -0.39 is 0 Å². The first kappa shape index (κ1) is 3.43. The van der Waals surface area contributed by atoms with Crippen LogP contribution in [-0.2, 0) is 4.74 Å². The third-order valence-corrected chi connectivity index (χ3v) is 1.11. The standard InChI is InChI=1S/C4H6N2O/c1-2-7-4-3(5-1)6-4/h3,5H,1-2H2. The average molecular weight is 98.1 g/mol. The lowest BCUT2D eigenvalue weighted by molar-refractivity contribution is 0.282. The van der Waals surface area contributed by atoms with Crippen molar-refractivity contribution in [1.29, 1.82) is 0 Å². The molecule has 3 nitrogen and oxygen atoms in total. The molecule has 7 heavy (non-hydrogen) atoms. The fourth-order valence-electron chi connectivity index (χ4n) is 0.690. The summed E-state index contributed by atoms with van der Waals surface area (Å²) >= 11 is 0. The fourth-order valence-corrected chi connectivity index (χ4v) is 0.690. The Bertz CT molecular complexity index is 121. The highest BCUT2D eigenvalue weighted by atomic mass is 16.5. The van der Waals surface area contributed by atoms with Gasteiger partial charge in [-0.25, -0.2) is 4.99 Å². The van der Waals surface area contributed by atoms with Gasteiger partial charge in [0.15, 0.2) is 6.17 Å². The molecule has 0 spiro atoms. The quantitative estimate of drug-likeness (QED) is 0.436. The van der Waals surface area contributed by atoms with Crippen LogP contribution < -0.4 is 5.32 Å². The second-order valence-electron chi connectivity index (χ2n) is 1.67. The highest BCUT2D eigenvalue weighted by molar-refractivity contribution is 5.93. The van der Waals surface area contributed by atoms with Crippen molar-refractivity contribution in [2.75, 3.05) is 13.2 Å². The second kappa shape index (κ2) is 0.980. The molecule has 2 aliphatic rings.